The first-order valence-electron chi connectivity index (χ1n) is 8.90. The van der Waals surface area contributed by atoms with Crippen LogP contribution in [0.15, 0.2) is 58.2 Å². The van der Waals surface area contributed by atoms with Crippen molar-refractivity contribution in [1.82, 2.24) is 10.2 Å². The topological polar surface area (TPSA) is 68.0 Å². The highest BCUT2D eigenvalue weighted by Gasteiger charge is 2.20. The highest BCUT2D eigenvalue weighted by Crippen LogP contribution is 2.29. The molecule has 0 aliphatic heterocycles. The van der Waals surface area contributed by atoms with E-state index in [9.17, 15) is 9.18 Å². The largest absolute Gasteiger partial charge is 0.411 e. The molecule has 1 amide bonds. The zero-order valence-corrected chi connectivity index (χ0v) is 17.0. The molecule has 1 N–H and O–H groups in total. The van der Waals surface area contributed by atoms with Gasteiger partial charge in [0, 0.05) is 5.56 Å². The quantitative estimate of drug-likeness (QED) is 0.590. The lowest BCUT2D eigenvalue weighted by molar-refractivity contribution is -0.115. The SMILES string of the molecule is C[C@H](Sc1nnc(-c2ccc(C(C)(C)C)cc2)o1)C(=O)Nc1ccccc1F. The molecule has 1 aromatic heterocycles. The van der Waals surface area contributed by atoms with Gasteiger partial charge in [-0.3, -0.25) is 4.79 Å². The van der Waals surface area contributed by atoms with Crippen molar-refractivity contribution >= 4 is 23.4 Å². The molecule has 5 nitrogen and oxygen atoms in total. The molecule has 1 heterocycles. The first-order chi connectivity index (χ1) is 13.2. The molecule has 0 aliphatic carbocycles. The fourth-order valence-electron chi connectivity index (χ4n) is 2.49. The zero-order chi connectivity index (χ0) is 20.3. The lowest BCUT2D eigenvalue weighted by Gasteiger charge is -2.18. The summed E-state index contributed by atoms with van der Waals surface area (Å²) in [4.78, 5) is 12.3. The van der Waals surface area contributed by atoms with Crippen molar-refractivity contribution in [1.29, 1.82) is 0 Å². The Kier molecular flexibility index (Phi) is 5.84. The van der Waals surface area contributed by atoms with E-state index in [1.807, 2.05) is 24.3 Å². The number of benzene rings is 2. The number of para-hydroxylation sites is 1. The Morgan fingerprint density at radius 3 is 2.43 bits per heavy atom. The normalized spacial score (nSPS) is 12.6. The number of nitrogens with one attached hydrogen (secondary N) is 1. The van der Waals surface area contributed by atoms with Crippen molar-refractivity contribution in [2.24, 2.45) is 0 Å². The third-order valence-corrected chi connectivity index (χ3v) is 5.12. The Balaban J connectivity index is 1.65. The number of amides is 1. The van der Waals surface area contributed by atoms with Crippen LogP contribution in [-0.4, -0.2) is 21.4 Å². The van der Waals surface area contributed by atoms with Crippen LogP contribution in [0.5, 0.6) is 0 Å². The number of hydrogen-bond donors (Lipinski definition) is 1. The van der Waals surface area contributed by atoms with E-state index < -0.39 is 11.1 Å². The highest BCUT2D eigenvalue weighted by atomic mass is 32.2. The summed E-state index contributed by atoms with van der Waals surface area (Å²) in [6, 6.07) is 14.0. The maximum atomic E-state index is 13.7. The van der Waals surface area contributed by atoms with E-state index in [1.54, 1.807) is 19.1 Å². The first-order valence-corrected chi connectivity index (χ1v) is 9.78. The monoisotopic (exact) mass is 399 g/mol. The van der Waals surface area contributed by atoms with Gasteiger partial charge in [0.15, 0.2) is 0 Å². The zero-order valence-electron chi connectivity index (χ0n) is 16.2. The highest BCUT2D eigenvalue weighted by molar-refractivity contribution is 8.00. The average Bonchev–Trinajstić information content (AvgIpc) is 3.11. The second-order valence-electron chi connectivity index (χ2n) is 7.43. The molecule has 28 heavy (non-hydrogen) atoms. The van der Waals surface area contributed by atoms with Gasteiger partial charge >= 0.3 is 0 Å². The molecule has 0 fully saturated rings. The number of rotatable bonds is 5. The molecule has 3 aromatic rings. The summed E-state index contributed by atoms with van der Waals surface area (Å²) in [5.41, 5.74) is 2.24. The van der Waals surface area contributed by atoms with Gasteiger partial charge in [-0.15, -0.1) is 10.2 Å². The average molecular weight is 399 g/mol. The summed E-state index contributed by atoms with van der Waals surface area (Å²) >= 11 is 1.12. The van der Waals surface area contributed by atoms with Crippen LogP contribution in [0.3, 0.4) is 0 Å². The van der Waals surface area contributed by atoms with Crippen LogP contribution in [-0.2, 0) is 10.2 Å². The van der Waals surface area contributed by atoms with E-state index in [-0.39, 0.29) is 22.2 Å². The van der Waals surface area contributed by atoms with Gasteiger partial charge in [-0.2, -0.15) is 0 Å². The molecular weight excluding hydrogens is 377 g/mol. The molecule has 0 aliphatic rings. The summed E-state index contributed by atoms with van der Waals surface area (Å²) in [6.07, 6.45) is 0. The van der Waals surface area contributed by atoms with Crippen LogP contribution >= 0.6 is 11.8 Å². The van der Waals surface area contributed by atoms with Gasteiger partial charge in [0.2, 0.25) is 11.8 Å². The summed E-state index contributed by atoms with van der Waals surface area (Å²) in [7, 11) is 0. The number of carbonyl (C=O) groups is 1. The van der Waals surface area contributed by atoms with Crippen molar-refractivity contribution in [3.8, 4) is 11.5 Å². The van der Waals surface area contributed by atoms with Crippen LogP contribution < -0.4 is 5.32 Å². The molecule has 146 valence electrons. The van der Waals surface area contributed by atoms with Crippen LogP contribution in [0.1, 0.15) is 33.3 Å². The molecule has 0 spiro atoms. The number of anilines is 1. The van der Waals surface area contributed by atoms with E-state index in [4.69, 9.17) is 4.42 Å². The van der Waals surface area contributed by atoms with Gasteiger partial charge in [-0.1, -0.05) is 56.8 Å². The van der Waals surface area contributed by atoms with Gasteiger partial charge in [-0.25, -0.2) is 4.39 Å². The number of halogens is 1. The van der Waals surface area contributed by atoms with Gasteiger partial charge in [0.1, 0.15) is 5.82 Å². The smallest absolute Gasteiger partial charge is 0.277 e. The molecule has 0 unspecified atom stereocenters. The van der Waals surface area contributed by atoms with Crippen molar-refractivity contribution in [3.05, 3.63) is 59.9 Å². The molecule has 2 aromatic carbocycles. The van der Waals surface area contributed by atoms with Gasteiger partial charge in [-0.05, 0) is 42.2 Å². The molecule has 7 heteroatoms. The first kappa shape index (κ1) is 20.1. The van der Waals surface area contributed by atoms with Crippen LogP contribution in [0.4, 0.5) is 10.1 Å². The second-order valence-corrected chi connectivity index (χ2v) is 8.72. The lowest BCUT2D eigenvalue weighted by atomic mass is 9.87. The Bertz CT molecular complexity index is 964. The van der Waals surface area contributed by atoms with E-state index in [0.29, 0.717) is 5.89 Å². The van der Waals surface area contributed by atoms with E-state index in [1.165, 1.54) is 17.7 Å². The minimum Gasteiger partial charge on any atom is -0.411 e. The van der Waals surface area contributed by atoms with Gasteiger partial charge in [0.25, 0.3) is 5.22 Å². The summed E-state index contributed by atoms with van der Waals surface area (Å²) in [6.45, 7) is 8.15. The third kappa shape index (κ3) is 4.78. The third-order valence-electron chi connectivity index (χ3n) is 4.18. The van der Waals surface area contributed by atoms with Crippen molar-refractivity contribution in [2.75, 3.05) is 5.32 Å². The molecular formula is C21H22FN3O2S. The maximum Gasteiger partial charge on any atom is 0.277 e. The summed E-state index contributed by atoms with van der Waals surface area (Å²) in [5, 5.41) is 10.4. The van der Waals surface area contributed by atoms with E-state index in [2.05, 4.69) is 36.3 Å². The van der Waals surface area contributed by atoms with Crippen molar-refractivity contribution in [2.45, 2.75) is 43.6 Å². The van der Waals surface area contributed by atoms with Crippen LogP contribution in [0.25, 0.3) is 11.5 Å². The summed E-state index contributed by atoms with van der Waals surface area (Å²) < 4.78 is 19.3. The lowest BCUT2D eigenvalue weighted by Crippen LogP contribution is -2.22. The number of thioether (sulfide) groups is 1. The standard InChI is InChI=1S/C21H22FN3O2S/c1-13(18(26)23-17-8-6-5-7-16(17)22)28-20-25-24-19(27-20)14-9-11-15(12-10-14)21(2,3)4/h5-13H,1-4H3,(H,23,26)/t13-/m0/s1. The fraction of sp³-hybridized carbons (Fsp3) is 0.286. The number of aromatic nitrogens is 2. The van der Waals surface area contributed by atoms with E-state index in [0.717, 1.165) is 17.3 Å². The molecule has 3 rings (SSSR count). The van der Waals surface area contributed by atoms with Crippen LogP contribution in [0.2, 0.25) is 0 Å². The Morgan fingerprint density at radius 2 is 1.79 bits per heavy atom. The number of carbonyl (C=O) groups excluding carboxylic acids is 1. The Hall–Kier alpha value is -2.67. The molecule has 0 bridgehead atoms. The van der Waals surface area contributed by atoms with Crippen LogP contribution in [0, 0.1) is 5.82 Å². The molecule has 1 atom stereocenters. The second kappa shape index (κ2) is 8.14. The van der Waals surface area contributed by atoms with Crippen molar-refractivity contribution < 1.29 is 13.6 Å². The predicted octanol–water partition coefficient (Wildman–Crippen LogP) is 5.29. The van der Waals surface area contributed by atoms with Crippen molar-refractivity contribution in [3.63, 3.8) is 0 Å². The minimum absolute atomic E-state index is 0.0649. The Morgan fingerprint density at radius 1 is 1.11 bits per heavy atom. The fourth-order valence-corrected chi connectivity index (χ4v) is 3.17. The predicted molar refractivity (Wildman–Crippen MR) is 109 cm³/mol. The Labute approximate surface area is 167 Å². The number of hydrogen-bond acceptors (Lipinski definition) is 5. The number of nitrogens with zero attached hydrogens (tertiary/aromatic N) is 2. The summed E-state index contributed by atoms with van der Waals surface area (Å²) in [5.74, 6) is -0.430. The maximum absolute atomic E-state index is 13.7. The van der Waals surface area contributed by atoms with Gasteiger partial charge in [0.05, 0.1) is 10.9 Å². The molecule has 0 saturated carbocycles. The van der Waals surface area contributed by atoms with Gasteiger partial charge < -0.3 is 9.73 Å². The molecule has 0 radical (unpaired) electrons. The molecule has 0 saturated heterocycles. The minimum atomic E-state index is -0.531. The van der Waals surface area contributed by atoms with E-state index >= 15 is 0 Å².